The molecule has 2 atom stereocenters. The molecular formula is C21H26ClFN6O3S. The first-order valence-electron chi connectivity index (χ1n) is 10.2. The molecule has 33 heavy (non-hydrogen) atoms. The Morgan fingerprint density at radius 2 is 2.00 bits per heavy atom. The Hall–Kier alpha value is -2.60. The summed E-state index contributed by atoms with van der Waals surface area (Å²) >= 11 is 6.10. The van der Waals surface area contributed by atoms with E-state index in [4.69, 9.17) is 11.6 Å². The molecule has 0 saturated carbocycles. The highest BCUT2D eigenvalue weighted by molar-refractivity contribution is 7.89. The third-order valence-electron chi connectivity index (χ3n) is 5.67. The number of halogens is 2. The molecule has 0 amide bonds. The van der Waals surface area contributed by atoms with Crippen molar-refractivity contribution in [2.45, 2.75) is 37.6 Å². The highest BCUT2D eigenvalue weighted by atomic mass is 35.5. The topological polar surface area (TPSA) is 124 Å². The van der Waals surface area contributed by atoms with Gasteiger partial charge in [-0.3, -0.25) is 0 Å². The number of aromatic amines is 1. The highest BCUT2D eigenvalue weighted by Gasteiger charge is 2.33. The number of aryl methyl sites for hydroxylation is 1. The fraction of sp³-hybridized carbons (Fsp3) is 0.381. The maximum Gasteiger partial charge on any atom is 0.243 e. The van der Waals surface area contributed by atoms with Gasteiger partial charge in [0.1, 0.15) is 10.7 Å². The fourth-order valence-electron chi connectivity index (χ4n) is 3.73. The molecule has 0 saturated heterocycles. The van der Waals surface area contributed by atoms with Gasteiger partial charge in [-0.05, 0) is 54.8 Å². The van der Waals surface area contributed by atoms with Crippen molar-refractivity contribution in [3.8, 4) is 0 Å². The summed E-state index contributed by atoms with van der Waals surface area (Å²) in [5.74, 6) is -1.04. The maximum atomic E-state index is 14.9. The van der Waals surface area contributed by atoms with Gasteiger partial charge < -0.3 is 10.0 Å². The summed E-state index contributed by atoms with van der Waals surface area (Å²) in [6, 6.07) is 6.36. The number of tetrazole rings is 1. The van der Waals surface area contributed by atoms with Crippen molar-refractivity contribution in [1.82, 2.24) is 25.3 Å². The Kier molecular flexibility index (Phi) is 7.68. The Balaban J connectivity index is 2.08. The lowest BCUT2D eigenvalue weighted by molar-refractivity contribution is 0.304. The lowest BCUT2D eigenvalue weighted by Gasteiger charge is -2.27. The van der Waals surface area contributed by atoms with Crippen molar-refractivity contribution in [2.75, 3.05) is 25.1 Å². The van der Waals surface area contributed by atoms with Gasteiger partial charge in [-0.1, -0.05) is 29.8 Å². The third-order valence-corrected chi connectivity index (χ3v) is 7.39. The first-order valence-corrected chi connectivity index (χ1v) is 12.1. The van der Waals surface area contributed by atoms with Crippen molar-refractivity contribution in [1.29, 1.82) is 0 Å². The van der Waals surface area contributed by atoms with Gasteiger partial charge in [0.05, 0.1) is 18.3 Å². The second kappa shape index (κ2) is 10.1. The molecule has 0 aliphatic heterocycles. The second-order valence-electron chi connectivity index (χ2n) is 7.82. The van der Waals surface area contributed by atoms with Crippen molar-refractivity contribution in [3.05, 3.63) is 63.7 Å². The van der Waals surface area contributed by atoms with Crippen LogP contribution in [0.25, 0.3) is 0 Å². The van der Waals surface area contributed by atoms with Gasteiger partial charge in [0.2, 0.25) is 10.0 Å². The summed E-state index contributed by atoms with van der Waals surface area (Å²) in [4.78, 5) is 1.53. The first-order chi connectivity index (χ1) is 15.6. The van der Waals surface area contributed by atoms with Gasteiger partial charge in [0, 0.05) is 24.5 Å². The molecule has 0 aliphatic carbocycles. The Bertz CT molecular complexity index is 1220. The van der Waals surface area contributed by atoms with Gasteiger partial charge in [-0.2, -0.15) is 9.94 Å². The van der Waals surface area contributed by atoms with Crippen LogP contribution in [0.1, 0.15) is 41.4 Å². The van der Waals surface area contributed by atoms with E-state index in [-0.39, 0.29) is 23.9 Å². The summed E-state index contributed by atoms with van der Waals surface area (Å²) in [5, 5.41) is 23.4. The normalized spacial score (nSPS) is 13.7. The molecule has 0 unspecified atom stereocenters. The van der Waals surface area contributed by atoms with E-state index >= 15 is 0 Å². The number of aromatic nitrogens is 4. The molecule has 1 aromatic heterocycles. The van der Waals surface area contributed by atoms with Gasteiger partial charge in [0.25, 0.3) is 0 Å². The van der Waals surface area contributed by atoms with Gasteiger partial charge >= 0.3 is 0 Å². The summed E-state index contributed by atoms with van der Waals surface area (Å²) in [6.45, 7) is 5.36. The van der Waals surface area contributed by atoms with E-state index in [9.17, 15) is 17.9 Å². The molecule has 178 valence electrons. The molecule has 3 N–H and O–H groups in total. The SMILES string of the molecule is Cc1ccc(F)c([C@@H](C)[C@H](NS(=O)(=O)c2ccc(Cl)cc2N(C)CCO)c2nn[nH]n2)c1C. The molecule has 9 nitrogen and oxygen atoms in total. The molecule has 0 fully saturated rings. The Morgan fingerprint density at radius 3 is 2.64 bits per heavy atom. The molecule has 3 aromatic rings. The van der Waals surface area contributed by atoms with Crippen molar-refractivity contribution in [3.63, 3.8) is 0 Å². The van der Waals surface area contributed by atoms with E-state index in [0.29, 0.717) is 21.8 Å². The number of rotatable bonds is 9. The Labute approximate surface area is 197 Å². The predicted octanol–water partition coefficient (Wildman–Crippen LogP) is 2.86. The zero-order valence-electron chi connectivity index (χ0n) is 18.7. The van der Waals surface area contributed by atoms with Crippen LogP contribution in [0.5, 0.6) is 0 Å². The third kappa shape index (κ3) is 5.32. The molecule has 12 heteroatoms. The highest BCUT2D eigenvalue weighted by Crippen LogP contribution is 2.36. The van der Waals surface area contributed by atoms with Crippen molar-refractivity contribution >= 4 is 27.3 Å². The largest absolute Gasteiger partial charge is 0.395 e. The monoisotopic (exact) mass is 496 g/mol. The number of likely N-dealkylation sites (N-methyl/N-ethyl adjacent to an activating group) is 1. The van der Waals surface area contributed by atoms with Crippen LogP contribution < -0.4 is 9.62 Å². The van der Waals surface area contributed by atoms with Crippen LogP contribution in [0.3, 0.4) is 0 Å². The number of benzene rings is 2. The standard InChI is InChI=1S/C21H26ClFN6O3S/c1-12-5-7-16(23)19(13(12)2)14(3)20(21-24-27-28-25-21)26-33(31,32)18-8-6-15(22)11-17(18)29(4)9-10-30/h5-8,11,14,20,26,30H,9-10H2,1-4H3,(H,24,25,27,28)/t14-,20+/m1/s1. The number of H-pyrrole nitrogens is 1. The lowest BCUT2D eigenvalue weighted by Crippen LogP contribution is -2.34. The smallest absolute Gasteiger partial charge is 0.243 e. The number of sulfonamides is 1. The Morgan fingerprint density at radius 1 is 1.27 bits per heavy atom. The molecule has 1 heterocycles. The minimum absolute atomic E-state index is 0.0509. The zero-order valence-corrected chi connectivity index (χ0v) is 20.2. The number of hydrogen-bond donors (Lipinski definition) is 3. The van der Waals surface area contributed by atoms with Crippen LogP contribution in [-0.4, -0.2) is 54.3 Å². The number of nitrogens with one attached hydrogen (secondary N) is 2. The second-order valence-corrected chi connectivity index (χ2v) is 9.94. The van der Waals surface area contributed by atoms with Gasteiger partial charge in [-0.15, -0.1) is 10.2 Å². The molecule has 0 bridgehead atoms. The fourth-order valence-corrected chi connectivity index (χ4v) is 5.40. The molecule has 0 spiro atoms. The summed E-state index contributed by atoms with van der Waals surface area (Å²) in [7, 11) is -2.52. The van der Waals surface area contributed by atoms with Crippen LogP contribution in [-0.2, 0) is 10.0 Å². The van der Waals surface area contributed by atoms with E-state index in [0.717, 1.165) is 5.56 Å². The zero-order chi connectivity index (χ0) is 24.3. The van der Waals surface area contributed by atoms with Crippen molar-refractivity contribution < 1.29 is 17.9 Å². The molecular weight excluding hydrogens is 471 g/mol. The average Bonchev–Trinajstić information content (AvgIpc) is 3.29. The van der Waals surface area contributed by atoms with Crippen LogP contribution in [0.2, 0.25) is 5.02 Å². The first kappa shape index (κ1) is 25.0. The molecule has 2 aromatic carbocycles. The summed E-state index contributed by atoms with van der Waals surface area (Å²) in [6.07, 6.45) is 0. The van der Waals surface area contributed by atoms with E-state index < -0.39 is 27.8 Å². The number of nitrogens with zero attached hydrogens (tertiary/aromatic N) is 4. The van der Waals surface area contributed by atoms with E-state index in [1.807, 2.05) is 6.92 Å². The number of hydrogen-bond acceptors (Lipinski definition) is 7. The predicted molar refractivity (Wildman–Crippen MR) is 123 cm³/mol. The number of aliphatic hydroxyl groups is 1. The van der Waals surface area contributed by atoms with Crippen LogP contribution >= 0.6 is 11.6 Å². The van der Waals surface area contributed by atoms with Crippen LogP contribution in [0, 0.1) is 19.7 Å². The minimum atomic E-state index is -4.16. The molecule has 3 rings (SSSR count). The van der Waals surface area contributed by atoms with Crippen LogP contribution in [0.4, 0.5) is 10.1 Å². The van der Waals surface area contributed by atoms with E-state index in [1.54, 1.807) is 31.9 Å². The quantitative estimate of drug-likeness (QED) is 0.416. The van der Waals surface area contributed by atoms with Gasteiger partial charge in [-0.25, -0.2) is 12.8 Å². The van der Waals surface area contributed by atoms with Gasteiger partial charge in [0.15, 0.2) is 5.82 Å². The lowest BCUT2D eigenvalue weighted by atomic mass is 9.88. The van der Waals surface area contributed by atoms with E-state index in [1.165, 1.54) is 24.3 Å². The minimum Gasteiger partial charge on any atom is -0.395 e. The average molecular weight is 497 g/mol. The number of aliphatic hydroxyl groups excluding tert-OH is 1. The van der Waals surface area contributed by atoms with Crippen molar-refractivity contribution in [2.24, 2.45) is 0 Å². The molecule has 0 radical (unpaired) electrons. The number of anilines is 1. The van der Waals surface area contributed by atoms with Crippen LogP contribution in [0.15, 0.2) is 35.2 Å². The summed E-state index contributed by atoms with van der Waals surface area (Å²) in [5.41, 5.74) is 2.26. The van der Waals surface area contributed by atoms with E-state index in [2.05, 4.69) is 25.3 Å². The molecule has 0 aliphatic rings. The summed E-state index contributed by atoms with van der Waals surface area (Å²) < 4.78 is 44.5. The maximum absolute atomic E-state index is 14.9.